The van der Waals surface area contributed by atoms with Crippen molar-refractivity contribution in [2.24, 2.45) is 0 Å². The molecule has 0 bridgehead atoms. The summed E-state index contributed by atoms with van der Waals surface area (Å²) < 4.78 is 0. The minimum atomic E-state index is 0. The lowest BCUT2D eigenvalue weighted by Gasteiger charge is -2.28. The molecule has 1 unspecified atom stereocenters. The third-order valence-corrected chi connectivity index (χ3v) is 2.87. The number of nitrogens with one attached hydrogen (secondary N) is 1. The van der Waals surface area contributed by atoms with Gasteiger partial charge in [0.15, 0.2) is 0 Å². The van der Waals surface area contributed by atoms with Gasteiger partial charge in [0, 0.05) is 33.6 Å². The Kier molecular flexibility index (Phi) is 4.39. The number of urea groups is 1. The third kappa shape index (κ3) is 2.43. The van der Waals surface area contributed by atoms with E-state index in [9.17, 15) is 4.79 Å². The second-order valence-electron chi connectivity index (χ2n) is 4.08. The summed E-state index contributed by atoms with van der Waals surface area (Å²) in [6.45, 7) is 11.8. The van der Waals surface area contributed by atoms with Crippen molar-refractivity contribution < 1.29 is 6.22 Å². The zero-order valence-corrected chi connectivity index (χ0v) is 10.3. The summed E-state index contributed by atoms with van der Waals surface area (Å²) in [7, 11) is 0. The molecule has 0 aromatic heterocycles. The number of nitrogens with zero attached hydrogens (tertiary/aromatic N) is 2. The lowest BCUT2D eigenvalue weighted by atomic mass is 10.2. The summed E-state index contributed by atoms with van der Waals surface area (Å²) in [6.07, 6.45) is 0. The van der Waals surface area contributed by atoms with Gasteiger partial charge in [-0.15, -0.1) is 0 Å². The fourth-order valence-corrected chi connectivity index (χ4v) is 2.08. The molecule has 1 atom stereocenters. The van der Waals surface area contributed by atoms with Crippen molar-refractivity contribution in [1.82, 2.24) is 15.1 Å². The van der Waals surface area contributed by atoms with Gasteiger partial charge in [-0.05, 0) is 13.8 Å². The van der Waals surface area contributed by atoms with Gasteiger partial charge < -0.3 is 15.1 Å². The van der Waals surface area contributed by atoms with Crippen LogP contribution in [0.1, 0.15) is 29.1 Å². The van der Waals surface area contributed by atoms with Crippen LogP contribution in [0.25, 0.3) is 0 Å². The molecule has 4 nitrogen and oxygen atoms in total. The Labute approximate surface area is 94.1 Å². The van der Waals surface area contributed by atoms with Crippen molar-refractivity contribution in [3.05, 3.63) is 0 Å². The molecule has 0 saturated carbocycles. The molecule has 0 aliphatic carbocycles. The smallest absolute Gasteiger partial charge is 0.320 e. The van der Waals surface area contributed by atoms with E-state index in [1.54, 1.807) is 0 Å². The average Bonchev–Trinajstić information content (AvgIpc) is 2.60. The molecule has 2 heterocycles. The molecule has 15 heavy (non-hydrogen) atoms. The number of amides is 2. The predicted molar refractivity (Wildman–Crippen MR) is 64.1 cm³/mol. The SMILES string of the molecule is CC.CC(C)N1CC2CNCCN2C1=O.[HH]. The average molecular weight is 215 g/mol. The van der Waals surface area contributed by atoms with Crippen LogP contribution in [0.5, 0.6) is 0 Å². The summed E-state index contributed by atoms with van der Waals surface area (Å²) in [6, 6.07) is 0.961. The third-order valence-electron chi connectivity index (χ3n) is 2.87. The van der Waals surface area contributed by atoms with Crippen LogP contribution >= 0.6 is 0 Å². The van der Waals surface area contributed by atoms with Gasteiger partial charge in [0.2, 0.25) is 0 Å². The monoisotopic (exact) mass is 215 g/mol. The quantitative estimate of drug-likeness (QED) is 0.717. The molecule has 90 valence electrons. The van der Waals surface area contributed by atoms with E-state index in [4.69, 9.17) is 0 Å². The second kappa shape index (κ2) is 5.35. The number of piperazine rings is 1. The minimum Gasteiger partial charge on any atom is -0.320 e. The van der Waals surface area contributed by atoms with Crippen molar-refractivity contribution in [3.63, 3.8) is 0 Å². The maximum absolute atomic E-state index is 11.8. The largest absolute Gasteiger partial charge is 0.320 e. The molecule has 2 rings (SSSR count). The highest BCUT2D eigenvalue weighted by molar-refractivity contribution is 5.77. The summed E-state index contributed by atoms with van der Waals surface area (Å²) in [5.74, 6) is 0. The van der Waals surface area contributed by atoms with E-state index in [-0.39, 0.29) is 7.46 Å². The Morgan fingerprint density at radius 1 is 1.47 bits per heavy atom. The van der Waals surface area contributed by atoms with Crippen LogP contribution < -0.4 is 5.32 Å². The molecule has 2 saturated heterocycles. The minimum absolute atomic E-state index is 0. The molecule has 0 aromatic carbocycles. The van der Waals surface area contributed by atoms with Crippen molar-refractivity contribution in [2.45, 2.75) is 39.8 Å². The first-order chi connectivity index (χ1) is 7.20. The molecular formula is C11H25N3O. The van der Waals surface area contributed by atoms with Crippen LogP contribution in [0, 0.1) is 0 Å². The van der Waals surface area contributed by atoms with Crippen molar-refractivity contribution >= 4 is 6.03 Å². The van der Waals surface area contributed by atoms with E-state index < -0.39 is 0 Å². The molecule has 1 N–H and O–H groups in total. The Hall–Kier alpha value is -0.770. The Balaban J connectivity index is 0.000000711. The van der Waals surface area contributed by atoms with Gasteiger partial charge in [-0.2, -0.15) is 0 Å². The first kappa shape index (κ1) is 12.3. The standard InChI is InChI=1S/C9H17N3O.C2H6.H2/c1-7(2)12-6-8-5-10-3-4-11(8)9(12)13;1-2;/h7-8,10H,3-6H2,1-2H3;1-2H3;1H. The Morgan fingerprint density at radius 2 is 2.13 bits per heavy atom. The number of hydrogen-bond acceptors (Lipinski definition) is 2. The Bertz CT molecular complexity index is 219. The maximum atomic E-state index is 11.8. The van der Waals surface area contributed by atoms with Crippen LogP contribution in [-0.4, -0.2) is 54.1 Å². The topological polar surface area (TPSA) is 35.6 Å². The molecule has 2 aliphatic heterocycles. The lowest BCUT2D eigenvalue weighted by molar-refractivity contribution is 0.174. The molecule has 0 radical (unpaired) electrons. The van der Waals surface area contributed by atoms with E-state index in [2.05, 4.69) is 19.2 Å². The normalized spacial score (nSPS) is 25.1. The molecular weight excluding hydrogens is 190 g/mol. The highest BCUT2D eigenvalue weighted by atomic mass is 16.2. The van der Waals surface area contributed by atoms with Gasteiger partial charge in [-0.1, -0.05) is 13.8 Å². The summed E-state index contributed by atoms with van der Waals surface area (Å²) in [4.78, 5) is 15.8. The van der Waals surface area contributed by atoms with E-state index >= 15 is 0 Å². The molecule has 2 aliphatic rings. The fourth-order valence-electron chi connectivity index (χ4n) is 2.08. The van der Waals surface area contributed by atoms with Crippen LogP contribution in [0.2, 0.25) is 0 Å². The summed E-state index contributed by atoms with van der Waals surface area (Å²) >= 11 is 0. The van der Waals surface area contributed by atoms with Gasteiger partial charge in [-0.25, -0.2) is 4.79 Å². The zero-order chi connectivity index (χ0) is 11.4. The van der Waals surface area contributed by atoms with Crippen molar-refractivity contribution in [2.75, 3.05) is 26.2 Å². The fraction of sp³-hybridized carbons (Fsp3) is 0.909. The first-order valence-corrected chi connectivity index (χ1v) is 5.98. The van der Waals surface area contributed by atoms with Gasteiger partial charge in [0.25, 0.3) is 0 Å². The number of hydrogen-bond donors (Lipinski definition) is 1. The number of carbonyl (C=O) groups is 1. The number of fused-ring (bicyclic) bond motifs is 1. The van der Waals surface area contributed by atoms with Crippen molar-refractivity contribution in [1.29, 1.82) is 0 Å². The molecule has 2 fully saturated rings. The zero-order valence-electron chi connectivity index (χ0n) is 10.3. The van der Waals surface area contributed by atoms with Gasteiger partial charge in [0.05, 0.1) is 6.04 Å². The molecule has 0 spiro atoms. The van der Waals surface area contributed by atoms with Crippen LogP contribution in [-0.2, 0) is 0 Å². The number of carbonyl (C=O) groups excluding carboxylic acids is 1. The van der Waals surface area contributed by atoms with Gasteiger partial charge in [0.1, 0.15) is 0 Å². The summed E-state index contributed by atoms with van der Waals surface area (Å²) in [5, 5.41) is 3.32. The first-order valence-electron chi connectivity index (χ1n) is 5.98. The highest BCUT2D eigenvalue weighted by Gasteiger charge is 2.39. The highest BCUT2D eigenvalue weighted by Crippen LogP contribution is 2.19. The maximum Gasteiger partial charge on any atom is 0.320 e. The Morgan fingerprint density at radius 3 is 2.67 bits per heavy atom. The second-order valence-corrected chi connectivity index (χ2v) is 4.08. The number of rotatable bonds is 1. The van der Waals surface area contributed by atoms with Crippen LogP contribution in [0.15, 0.2) is 0 Å². The molecule has 2 amide bonds. The van der Waals surface area contributed by atoms with Crippen LogP contribution in [0.4, 0.5) is 4.79 Å². The van der Waals surface area contributed by atoms with Gasteiger partial charge in [-0.3, -0.25) is 0 Å². The van der Waals surface area contributed by atoms with Gasteiger partial charge >= 0.3 is 6.03 Å². The van der Waals surface area contributed by atoms with Crippen LogP contribution in [0.3, 0.4) is 0 Å². The summed E-state index contributed by atoms with van der Waals surface area (Å²) in [5.41, 5.74) is 0. The lowest BCUT2D eigenvalue weighted by Crippen LogP contribution is -2.49. The van der Waals surface area contributed by atoms with Crippen molar-refractivity contribution in [3.8, 4) is 0 Å². The van der Waals surface area contributed by atoms with E-state index in [0.717, 1.165) is 26.2 Å². The molecule has 0 aromatic rings. The van der Waals surface area contributed by atoms with E-state index in [1.165, 1.54) is 0 Å². The van der Waals surface area contributed by atoms with E-state index in [0.29, 0.717) is 12.1 Å². The molecule has 4 heteroatoms. The predicted octanol–water partition coefficient (Wildman–Crippen LogP) is 1.38. The van der Waals surface area contributed by atoms with E-state index in [1.807, 2.05) is 23.6 Å².